The number of amides is 2. The Morgan fingerprint density at radius 1 is 1.33 bits per heavy atom. The van der Waals surface area contributed by atoms with Gasteiger partial charge in [-0.3, -0.25) is 9.59 Å². The van der Waals surface area contributed by atoms with Gasteiger partial charge in [0.1, 0.15) is 0 Å². The van der Waals surface area contributed by atoms with Crippen LogP contribution in [0.2, 0.25) is 0 Å². The highest BCUT2D eigenvalue weighted by Crippen LogP contribution is 2.03. The van der Waals surface area contributed by atoms with E-state index in [9.17, 15) is 9.59 Å². The van der Waals surface area contributed by atoms with Gasteiger partial charge < -0.3 is 10.6 Å². The van der Waals surface area contributed by atoms with Crippen molar-refractivity contribution < 1.29 is 9.59 Å². The number of benzene rings is 1. The average molecular weight is 204 g/mol. The quantitative estimate of drug-likeness (QED) is 0.728. The summed E-state index contributed by atoms with van der Waals surface area (Å²) in [4.78, 5) is 22.6. The third-order valence-corrected chi connectivity index (χ3v) is 2.35. The molecule has 1 saturated heterocycles. The van der Waals surface area contributed by atoms with Crippen molar-refractivity contribution in [2.45, 2.75) is 12.5 Å². The van der Waals surface area contributed by atoms with Crippen molar-refractivity contribution in [1.82, 2.24) is 10.6 Å². The minimum absolute atomic E-state index is 0.00615. The van der Waals surface area contributed by atoms with Gasteiger partial charge in [0, 0.05) is 18.5 Å². The Kier molecular flexibility index (Phi) is 2.67. The number of hydrogen-bond acceptors (Lipinski definition) is 2. The zero-order valence-corrected chi connectivity index (χ0v) is 8.19. The van der Waals surface area contributed by atoms with Gasteiger partial charge >= 0.3 is 0 Å². The smallest absolute Gasteiger partial charge is 0.251 e. The topological polar surface area (TPSA) is 58.2 Å². The predicted octanol–water partition coefficient (Wildman–Crippen LogP) is 0.305. The van der Waals surface area contributed by atoms with Gasteiger partial charge in [0.05, 0.1) is 6.04 Å². The first-order valence-corrected chi connectivity index (χ1v) is 4.88. The van der Waals surface area contributed by atoms with Crippen molar-refractivity contribution in [3.05, 3.63) is 35.9 Å². The molecule has 15 heavy (non-hydrogen) atoms. The second-order valence-corrected chi connectivity index (χ2v) is 3.54. The summed E-state index contributed by atoms with van der Waals surface area (Å²) < 4.78 is 0. The molecule has 0 aliphatic carbocycles. The van der Waals surface area contributed by atoms with Gasteiger partial charge in [-0.25, -0.2) is 0 Å². The Bertz CT molecular complexity index is 375. The van der Waals surface area contributed by atoms with E-state index in [1.807, 2.05) is 18.2 Å². The Labute approximate surface area is 87.7 Å². The molecule has 1 aromatic carbocycles. The summed E-state index contributed by atoms with van der Waals surface area (Å²) in [7, 11) is 0. The van der Waals surface area contributed by atoms with E-state index in [4.69, 9.17) is 0 Å². The van der Waals surface area contributed by atoms with Gasteiger partial charge in [-0.15, -0.1) is 0 Å². The molecule has 0 aromatic heterocycles. The molecule has 0 bridgehead atoms. The van der Waals surface area contributed by atoms with E-state index in [-0.39, 0.29) is 17.9 Å². The second-order valence-electron chi connectivity index (χ2n) is 3.54. The Balaban J connectivity index is 1.96. The van der Waals surface area contributed by atoms with Gasteiger partial charge in [0.15, 0.2) is 0 Å². The fourth-order valence-electron chi connectivity index (χ4n) is 1.57. The molecule has 1 unspecified atom stereocenters. The van der Waals surface area contributed by atoms with E-state index >= 15 is 0 Å². The molecule has 1 atom stereocenters. The summed E-state index contributed by atoms with van der Waals surface area (Å²) in [6.45, 7) is 0.525. The molecule has 0 spiro atoms. The Hall–Kier alpha value is -1.84. The normalized spacial score (nSPS) is 19.7. The van der Waals surface area contributed by atoms with Gasteiger partial charge in [-0.05, 0) is 12.1 Å². The Morgan fingerprint density at radius 3 is 2.67 bits per heavy atom. The standard InChI is InChI=1S/C11H12N2O2/c14-10-6-9(7-12-10)13-11(15)8-4-2-1-3-5-8/h1-5,9H,6-7H2,(H,12,14)(H,13,15). The predicted molar refractivity (Wildman–Crippen MR) is 55.3 cm³/mol. The van der Waals surface area contributed by atoms with Crippen molar-refractivity contribution >= 4 is 11.8 Å². The van der Waals surface area contributed by atoms with Crippen LogP contribution in [0.15, 0.2) is 30.3 Å². The molecule has 1 heterocycles. The van der Waals surface area contributed by atoms with E-state index in [0.29, 0.717) is 18.5 Å². The number of nitrogens with one attached hydrogen (secondary N) is 2. The maximum atomic E-state index is 11.7. The van der Waals surface area contributed by atoms with Crippen molar-refractivity contribution in [3.8, 4) is 0 Å². The highest BCUT2D eigenvalue weighted by Gasteiger charge is 2.22. The highest BCUT2D eigenvalue weighted by atomic mass is 16.2. The molecule has 1 aromatic rings. The third-order valence-electron chi connectivity index (χ3n) is 2.35. The number of rotatable bonds is 2. The molecule has 0 saturated carbocycles. The van der Waals surface area contributed by atoms with Crippen molar-refractivity contribution in [2.24, 2.45) is 0 Å². The lowest BCUT2D eigenvalue weighted by Gasteiger charge is -2.09. The summed E-state index contributed by atoms with van der Waals surface area (Å²) in [6.07, 6.45) is 0.374. The van der Waals surface area contributed by atoms with E-state index in [2.05, 4.69) is 10.6 Å². The highest BCUT2D eigenvalue weighted by molar-refractivity contribution is 5.95. The molecule has 2 amide bonds. The number of hydrogen-bond donors (Lipinski definition) is 2. The summed E-state index contributed by atoms with van der Waals surface area (Å²) >= 11 is 0. The zero-order valence-electron chi connectivity index (χ0n) is 8.19. The first kappa shape index (κ1) is 9.71. The van der Waals surface area contributed by atoms with E-state index in [0.717, 1.165) is 0 Å². The lowest BCUT2D eigenvalue weighted by molar-refractivity contribution is -0.119. The van der Waals surface area contributed by atoms with E-state index < -0.39 is 0 Å². The molecular weight excluding hydrogens is 192 g/mol. The average Bonchev–Trinajstić information content (AvgIpc) is 2.65. The number of carbonyl (C=O) groups is 2. The van der Waals surface area contributed by atoms with Crippen molar-refractivity contribution in [3.63, 3.8) is 0 Å². The van der Waals surface area contributed by atoms with Crippen molar-refractivity contribution in [2.75, 3.05) is 6.54 Å². The van der Waals surface area contributed by atoms with Gasteiger partial charge in [0.25, 0.3) is 5.91 Å². The zero-order chi connectivity index (χ0) is 10.7. The maximum absolute atomic E-state index is 11.7. The summed E-state index contributed by atoms with van der Waals surface area (Å²) in [6, 6.07) is 8.90. The molecule has 2 rings (SSSR count). The largest absolute Gasteiger partial charge is 0.354 e. The SMILES string of the molecule is O=C1CC(NC(=O)c2ccccc2)CN1. The van der Waals surface area contributed by atoms with Crippen LogP contribution in [0, 0.1) is 0 Å². The van der Waals surface area contributed by atoms with E-state index in [1.165, 1.54) is 0 Å². The molecule has 4 nitrogen and oxygen atoms in total. The molecule has 0 radical (unpaired) electrons. The van der Waals surface area contributed by atoms with Crippen LogP contribution in [0.4, 0.5) is 0 Å². The molecule has 1 aliphatic heterocycles. The van der Waals surface area contributed by atoms with Crippen LogP contribution in [0.25, 0.3) is 0 Å². The lowest BCUT2D eigenvalue weighted by Crippen LogP contribution is -2.36. The van der Waals surface area contributed by atoms with Gasteiger partial charge in [-0.2, -0.15) is 0 Å². The minimum Gasteiger partial charge on any atom is -0.354 e. The van der Waals surface area contributed by atoms with E-state index in [1.54, 1.807) is 12.1 Å². The van der Waals surface area contributed by atoms with Crippen molar-refractivity contribution in [1.29, 1.82) is 0 Å². The van der Waals surface area contributed by atoms with Crippen LogP contribution in [-0.4, -0.2) is 24.4 Å². The lowest BCUT2D eigenvalue weighted by atomic mass is 10.2. The summed E-state index contributed by atoms with van der Waals surface area (Å²) in [5, 5.41) is 5.48. The Morgan fingerprint density at radius 2 is 2.07 bits per heavy atom. The molecule has 4 heteroatoms. The summed E-state index contributed by atoms with van der Waals surface area (Å²) in [5.41, 5.74) is 0.622. The molecular formula is C11H12N2O2. The molecule has 1 fully saturated rings. The molecule has 2 N–H and O–H groups in total. The second kappa shape index (κ2) is 4.13. The first-order chi connectivity index (χ1) is 7.25. The maximum Gasteiger partial charge on any atom is 0.251 e. The molecule has 78 valence electrons. The van der Waals surface area contributed by atoms with Crippen LogP contribution in [0.3, 0.4) is 0 Å². The summed E-state index contributed by atoms with van der Waals surface area (Å²) in [5.74, 6) is -0.134. The first-order valence-electron chi connectivity index (χ1n) is 4.88. The fourth-order valence-corrected chi connectivity index (χ4v) is 1.57. The van der Waals surface area contributed by atoms with Crippen LogP contribution in [0.1, 0.15) is 16.8 Å². The monoisotopic (exact) mass is 204 g/mol. The number of carbonyl (C=O) groups excluding carboxylic acids is 2. The van der Waals surface area contributed by atoms with Crippen LogP contribution in [-0.2, 0) is 4.79 Å². The fraction of sp³-hybridized carbons (Fsp3) is 0.273. The van der Waals surface area contributed by atoms with Crippen LogP contribution < -0.4 is 10.6 Å². The third kappa shape index (κ3) is 2.34. The van der Waals surface area contributed by atoms with Crippen LogP contribution in [0.5, 0.6) is 0 Å². The van der Waals surface area contributed by atoms with Gasteiger partial charge in [0.2, 0.25) is 5.91 Å². The molecule has 1 aliphatic rings. The van der Waals surface area contributed by atoms with Gasteiger partial charge in [-0.1, -0.05) is 18.2 Å². The minimum atomic E-state index is -0.128. The van der Waals surface area contributed by atoms with Crippen LogP contribution >= 0.6 is 0 Å².